The molecule has 14 nitrogen and oxygen atoms in total. The van der Waals surface area contributed by atoms with Gasteiger partial charge in [0.25, 0.3) is 0 Å². The molecule has 378 valence electrons. The summed E-state index contributed by atoms with van der Waals surface area (Å²) in [5.74, 6) is -1.68. The maximum absolute atomic E-state index is 14.2. The number of ether oxygens (including phenoxy) is 11. The highest BCUT2D eigenvalue weighted by molar-refractivity contribution is 5.89. The van der Waals surface area contributed by atoms with Gasteiger partial charge in [-0.15, -0.1) is 0 Å². The van der Waals surface area contributed by atoms with Crippen LogP contribution in [0.3, 0.4) is 0 Å². The van der Waals surface area contributed by atoms with Gasteiger partial charge in [0.15, 0.2) is 24.5 Å². The lowest BCUT2D eigenvalue weighted by Gasteiger charge is -2.54. The normalized spacial score (nSPS) is 27.3. The summed E-state index contributed by atoms with van der Waals surface area (Å²) in [5.41, 5.74) is 3.16. The van der Waals surface area contributed by atoms with Gasteiger partial charge in [-0.05, 0) is 54.5 Å². The SMILES string of the molecule is COC(=O)CCCCCCCCO[C@@H]1O[C@@H]2COC3(CCCCC3)O[C@H]2[C@H](O[C@H]2O[C@H](COCc3ccccc3)[C@@H](OCc3ccccc3)[C@H](OCc3ccccc3)[C@@H]2O)[C@@H]1OC(=O)c1ccccc1. The van der Waals surface area contributed by atoms with Crippen molar-refractivity contribution in [2.75, 3.05) is 26.9 Å². The summed E-state index contributed by atoms with van der Waals surface area (Å²) in [6.45, 7) is 1.27. The monoisotopic (exact) mass is 966 g/mol. The lowest BCUT2D eigenvalue weighted by molar-refractivity contribution is -0.416. The van der Waals surface area contributed by atoms with E-state index in [1.54, 1.807) is 24.3 Å². The smallest absolute Gasteiger partial charge is 0.338 e. The molecule has 4 fully saturated rings. The van der Waals surface area contributed by atoms with Crippen molar-refractivity contribution in [1.82, 2.24) is 0 Å². The average molecular weight is 967 g/mol. The van der Waals surface area contributed by atoms with Crippen molar-refractivity contribution < 1.29 is 66.8 Å². The van der Waals surface area contributed by atoms with E-state index in [1.807, 2.05) is 97.1 Å². The molecular formula is C56H70O14. The van der Waals surface area contributed by atoms with Gasteiger partial charge in [-0.1, -0.05) is 141 Å². The van der Waals surface area contributed by atoms with Crippen LogP contribution in [0.5, 0.6) is 0 Å². The van der Waals surface area contributed by atoms with E-state index in [-0.39, 0.29) is 32.4 Å². The topological polar surface area (TPSA) is 156 Å². The molecule has 10 atom stereocenters. The molecule has 3 saturated heterocycles. The van der Waals surface area contributed by atoms with Crippen LogP contribution in [0.4, 0.5) is 0 Å². The maximum Gasteiger partial charge on any atom is 0.338 e. The minimum Gasteiger partial charge on any atom is -0.469 e. The molecule has 8 rings (SSSR count). The molecule has 1 spiro atoms. The predicted molar refractivity (Wildman–Crippen MR) is 257 cm³/mol. The van der Waals surface area contributed by atoms with E-state index in [1.165, 1.54) is 7.11 Å². The largest absolute Gasteiger partial charge is 0.469 e. The van der Waals surface area contributed by atoms with Crippen LogP contribution in [0, 0.1) is 0 Å². The van der Waals surface area contributed by atoms with Gasteiger partial charge in [0, 0.05) is 25.9 Å². The van der Waals surface area contributed by atoms with E-state index >= 15 is 0 Å². The lowest BCUT2D eigenvalue weighted by atomic mass is 9.90. The fourth-order valence-corrected chi connectivity index (χ4v) is 9.67. The molecular weight excluding hydrogens is 897 g/mol. The number of hydrogen-bond acceptors (Lipinski definition) is 14. The number of methoxy groups -OCH3 is 1. The van der Waals surface area contributed by atoms with Crippen LogP contribution < -0.4 is 0 Å². The number of benzene rings is 4. The Hall–Kier alpha value is -4.58. The zero-order valence-electron chi connectivity index (χ0n) is 40.3. The van der Waals surface area contributed by atoms with Gasteiger partial charge < -0.3 is 57.2 Å². The first-order valence-corrected chi connectivity index (χ1v) is 25.2. The molecule has 3 heterocycles. The third kappa shape index (κ3) is 14.5. The first-order valence-electron chi connectivity index (χ1n) is 25.2. The van der Waals surface area contributed by atoms with Crippen molar-refractivity contribution in [3.05, 3.63) is 144 Å². The Morgan fingerprint density at radius 2 is 1.21 bits per heavy atom. The number of carbonyl (C=O) groups excluding carboxylic acids is 2. The average Bonchev–Trinajstić information content (AvgIpc) is 3.40. The molecule has 0 radical (unpaired) electrons. The van der Waals surface area contributed by atoms with E-state index in [0.717, 1.165) is 68.1 Å². The molecule has 3 aliphatic heterocycles. The first-order chi connectivity index (χ1) is 34.4. The minimum absolute atomic E-state index is 0.0723. The number of hydrogen-bond donors (Lipinski definition) is 1. The molecule has 0 unspecified atom stereocenters. The van der Waals surface area contributed by atoms with Gasteiger partial charge in [-0.2, -0.15) is 0 Å². The number of esters is 2. The molecule has 4 aromatic carbocycles. The summed E-state index contributed by atoms with van der Waals surface area (Å²) in [4.78, 5) is 25.7. The maximum atomic E-state index is 14.2. The second kappa shape index (κ2) is 26.7. The number of rotatable bonds is 24. The standard InChI is InChI=1S/C56H70O14/c1-60-46(57)31-19-4-2-3-5-22-34-62-55-52(68-53(59)43-29-17-9-18-30-43)51(49-45(67-55)39-65-56(70-49)32-20-10-21-33-56)69-54-47(58)50(64-37-42-27-15-8-16-28-42)48(63-36-41-25-13-7-14-26-41)44(66-54)38-61-35-40-23-11-6-12-24-40/h6-9,11-18,23-30,44-45,47-52,54-55,58H,2-5,10,19-22,31-39H2,1H3/t44-,45-,47+,48-,49-,50-,51+,52+,54-,55-/m1/s1. The van der Waals surface area contributed by atoms with Crippen LogP contribution in [0.25, 0.3) is 0 Å². The van der Waals surface area contributed by atoms with Crippen LogP contribution in [0.1, 0.15) is 104 Å². The Morgan fingerprint density at radius 1 is 0.629 bits per heavy atom. The second-order valence-electron chi connectivity index (χ2n) is 18.6. The Bertz CT molecular complexity index is 2120. The molecule has 14 heteroatoms. The number of fused-ring (bicyclic) bond motifs is 1. The zero-order valence-corrected chi connectivity index (χ0v) is 40.3. The fourth-order valence-electron chi connectivity index (χ4n) is 9.67. The summed E-state index contributed by atoms with van der Waals surface area (Å²) in [5, 5.41) is 12.6. The van der Waals surface area contributed by atoms with Crippen molar-refractivity contribution in [3.8, 4) is 0 Å². The Kier molecular flexibility index (Phi) is 19.8. The molecule has 0 amide bonds. The minimum atomic E-state index is -1.41. The van der Waals surface area contributed by atoms with Crippen molar-refractivity contribution in [1.29, 1.82) is 0 Å². The van der Waals surface area contributed by atoms with Crippen molar-refractivity contribution in [2.24, 2.45) is 0 Å². The molecule has 1 N–H and O–H groups in total. The first kappa shape index (κ1) is 51.8. The number of aliphatic hydroxyl groups is 1. The molecule has 1 saturated carbocycles. The number of aliphatic hydroxyl groups excluding tert-OH is 1. The van der Waals surface area contributed by atoms with Gasteiger partial charge in [0.1, 0.15) is 42.7 Å². The highest BCUT2D eigenvalue weighted by Gasteiger charge is 2.58. The molecule has 0 aromatic heterocycles. The zero-order chi connectivity index (χ0) is 48.4. The van der Waals surface area contributed by atoms with Crippen LogP contribution in [0.15, 0.2) is 121 Å². The van der Waals surface area contributed by atoms with Crippen molar-refractivity contribution >= 4 is 11.9 Å². The highest BCUT2D eigenvalue weighted by atomic mass is 16.8. The van der Waals surface area contributed by atoms with Crippen LogP contribution in [-0.2, 0) is 76.7 Å². The van der Waals surface area contributed by atoms with E-state index in [9.17, 15) is 14.7 Å². The Morgan fingerprint density at radius 3 is 1.86 bits per heavy atom. The van der Waals surface area contributed by atoms with Gasteiger partial charge in [0.2, 0.25) is 0 Å². The quantitative estimate of drug-likeness (QED) is 0.0525. The highest BCUT2D eigenvalue weighted by Crippen LogP contribution is 2.43. The third-order valence-electron chi connectivity index (χ3n) is 13.5. The van der Waals surface area contributed by atoms with Crippen molar-refractivity contribution in [3.63, 3.8) is 0 Å². The molecule has 4 aliphatic rings. The third-order valence-corrected chi connectivity index (χ3v) is 13.5. The van der Waals surface area contributed by atoms with Gasteiger partial charge in [-0.25, -0.2) is 4.79 Å². The van der Waals surface area contributed by atoms with E-state index in [4.69, 9.17) is 52.1 Å². The number of carbonyl (C=O) groups is 2. The van der Waals surface area contributed by atoms with Gasteiger partial charge in [0.05, 0.1) is 45.7 Å². The molecule has 0 bridgehead atoms. The summed E-state index contributed by atoms with van der Waals surface area (Å²) in [7, 11) is 1.41. The molecule has 1 aliphatic carbocycles. The summed E-state index contributed by atoms with van der Waals surface area (Å²) < 4.78 is 71.7. The fraction of sp³-hybridized carbons (Fsp3) is 0.536. The second-order valence-corrected chi connectivity index (χ2v) is 18.6. The van der Waals surface area contributed by atoms with Crippen LogP contribution in [-0.4, -0.2) is 111 Å². The van der Waals surface area contributed by atoms with Crippen LogP contribution in [0.2, 0.25) is 0 Å². The Labute approximate surface area is 412 Å². The summed E-state index contributed by atoms with van der Waals surface area (Å²) in [6.07, 6.45) is -0.244. The van der Waals surface area contributed by atoms with Crippen molar-refractivity contribution in [2.45, 2.75) is 164 Å². The summed E-state index contributed by atoms with van der Waals surface area (Å²) >= 11 is 0. The van der Waals surface area contributed by atoms with Gasteiger partial charge >= 0.3 is 11.9 Å². The molecule has 4 aromatic rings. The number of unbranched alkanes of at least 4 members (excludes halogenated alkanes) is 5. The van der Waals surface area contributed by atoms with E-state index in [0.29, 0.717) is 44.5 Å². The predicted octanol–water partition coefficient (Wildman–Crippen LogP) is 8.79. The van der Waals surface area contributed by atoms with E-state index in [2.05, 4.69) is 0 Å². The van der Waals surface area contributed by atoms with E-state index < -0.39 is 73.2 Å². The molecule has 70 heavy (non-hydrogen) atoms. The van der Waals surface area contributed by atoms with Crippen LogP contribution >= 0.6 is 0 Å². The summed E-state index contributed by atoms with van der Waals surface area (Å²) in [6, 6.07) is 38.2. The van der Waals surface area contributed by atoms with Gasteiger partial charge in [-0.3, -0.25) is 4.79 Å². The lowest BCUT2D eigenvalue weighted by Crippen LogP contribution is -2.69. The Balaban J connectivity index is 1.08.